The number of hydrogen-bond acceptors (Lipinski definition) is 3. The SMILES string of the molecule is O=C1C=CC(=O)c2ccccc21.O=PO. The summed E-state index contributed by atoms with van der Waals surface area (Å²) in [6, 6.07) is 6.84. The lowest BCUT2D eigenvalue weighted by Gasteiger charge is -2.06. The highest BCUT2D eigenvalue weighted by molar-refractivity contribution is 7.16. The monoisotopic (exact) mass is 222 g/mol. The maximum atomic E-state index is 11.2. The minimum absolute atomic E-state index is 0.0924. The van der Waals surface area contributed by atoms with Gasteiger partial charge in [0.15, 0.2) is 11.6 Å². The summed E-state index contributed by atoms with van der Waals surface area (Å²) in [4.78, 5) is 29.4. The highest BCUT2D eigenvalue weighted by Gasteiger charge is 2.16. The first-order valence-electron chi connectivity index (χ1n) is 4.03. The van der Waals surface area contributed by atoms with Gasteiger partial charge in [-0.05, 0) is 12.2 Å². The zero-order valence-electron chi connectivity index (χ0n) is 7.58. The van der Waals surface area contributed by atoms with E-state index in [0.717, 1.165) is 0 Å². The van der Waals surface area contributed by atoms with Gasteiger partial charge in [0.1, 0.15) is 0 Å². The fourth-order valence-corrected chi connectivity index (χ4v) is 1.24. The van der Waals surface area contributed by atoms with E-state index in [1.165, 1.54) is 12.2 Å². The van der Waals surface area contributed by atoms with E-state index in [-0.39, 0.29) is 11.6 Å². The molecule has 0 spiro atoms. The van der Waals surface area contributed by atoms with Gasteiger partial charge in [0.2, 0.25) is 0 Å². The minimum atomic E-state index is -0.833. The van der Waals surface area contributed by atoms with Crippen molar-refractivity contribution >= 4 is 20.3 Å². The molecular formula is C10H7O4P. The van der Waals surface area contributed by atoms with Crippen LogP contribution in [0.15, 0.2) is 36.4 Å². The molecule has 0 heterocycles. The molecule has 1 aliphatic rings. The second kappa shape index (κ2) is 5.29. The number of benzene rings is 1. The smallest absolute Gasteiger partial charge is 0.310 e. The molecule has 5 heteroatoms. The summed E-state index contributed by atoms with van der Waals surface area (Å²) in [6.45, 7) is 0. The predicted molar refractivity (Wildman–Crippen MR) is 54.1 cm³/mol. The van der Waals surface area contributed by atoms with E-state index in [2.05, 4.69) is 0 Å². The average Bonchev–Trinajstić information content (AvgIpc) is 2.25. The summed E-state index contributed by atoms with van der Waals surface area (Å²) in [6.07, 6.45) is 2.62. The molecule has 0 aromatic heterocycles. The Morgan fingerprint density at radius 2 is 1.27 bits per heavy atom. The largest absolute Gasteiger partial charge is 0.324 e. The van der Waals surface area contributed by atoms with Crippen LogP contribution >= 0.6 is 8.69 Å². The first kappa shape index (κ1) is 11.4. The van der Waals surface area contributed by atoms with Crippen LogP contribution in [0.1, 0.15) is 20.7 Å². The molecule has 0 unspecified atom stereocenters. The average molecular weight is 222 g/mol. The van der Waals surface area contributed by atoms with Gasteiger partial charge in [-0.3, -0.25) is 9.59 Å². The number of fused-ring (bicyclic) bond motifs is 1. The Morgan fingerprint density at radius 1 is 0.933 bits per heavy atom. The van der Waals surface area contributed by atoms with Crippen molar-refractivity contribution in [3.05, 3.63) is 47.5 Å². The van der Waals surface area contributed by atoms with Crippen molar-refractivity contribution in [2.45, 2.75) is 0 Å². The van der Waals surface area contributed by atoms with Gasteiger partial charge >= 0.3 is 8.69 Å². The lowest BCUT2D eigenvalue weighted by molar-refractivity contribution is 0.0994. The van der Waals surface area contributed by atoms with E-state index < -0.39 is 8.69 Å². The molecule has 1 N–H and O–H groups in total. The Morgan fingerprint density at radius 3 is 1.60 bits per heavy atom. The van der Waals surface area contributed by atoms with Gasteiger partial charge in [-0.2, -0.15) is 0 Å². The zero-order valence-corrected chi connectivity index (χ0v) is 8.48. The highest BCUT2D eigenvalue weighted by Crippen LogP contribution is 2.15. The van der Waals surface area contributed by atoms with Crippen molar-refractivity contribution in [1.82, 2.24) is 0 Å². The van der Waals surface area contributed by atoms with Crippen molar-refractivity contribution in [3.8, 4) is 0 Å². The molecule has 15 heavy (non-hydrogen) atoms. The Kier molecular flexibility index (Phi) is 4.03. The first-order valence-corrected chi connectivity index (χ1v) is 4.79. The number of allylic oxidation sites excluding steroid dienone is 2. The molecule has 0 aliphatic heterocycles. The minimum Gasteiger partial charge on any atom is -0.310 e. The summed E-state index contributed by atoms with van der Waals surface area (Å²) in [5.74, 6) is -0.185. The second-order valence-corrected chi connectivity index (χ2v) is 2.85. The summed E-state index contributed by atoms with van der Waals surface area (Å²) in [7, 11) is -0.833. The maximum absolute atomic E-state index is 11.2. The molecule has 1 aromatic carbocycles. The summed E-state index contributed by atoms with van der Waals surface area (Å²) in [5.41, 5.74) is 1.01. The summed E-state index contributed by atoms with van der Waals surface area (Å²) >= 11 is 0. The molecule has 0 atom stereocenters. The lowest BCUT2D eigenvalue weighted by Crippen LogP contribution is -2.10. The standard InChI is InChI=1S/C10H6O2.HO2P/c11-9-5-6-10(12)8-4-2-1-3-7(8)9;1-3-2/h1-6H;(H,1,2). The molecule has 0 amide bonds. The Labute approximate surface area is 87.5 Å². The Bertz CT molecular complexity index is 400. The van der Waals surface area contributed by atoms with Crippen LogP contribution in [-0.4, -0.2) is 16.5 Å². The lowest BCUT2D eigenvalue weighted by atomic mass is 9.95. The van der Waals surface area contributed by atoms with E-state index in [1.807, 2.05) is 0 Å². The first-order chi connectivity index (χ1) is 7.20. The molecule has 4 nitrogen and oxygen atoms in total. The van der Waals surface area contributed by atoms with E-state index in [0.29, 0.717) is 11.1 Å². The third-order valence-electron chi connectivity index (χ3n) is 1.84. The topological polar surface area (TPSA) is 71.4 Å². The van der Waals surface area contributed by atoms with Crippen LogP contribution in [0.5, 0.6) is 0 Å². The van der Waals surface area contributed by atoms with Crippen LogP contribution in [0.2, 0.25) is 0 Å². The van der Waals surface area contributed by atoms with Gasteiger partial charge in [-0.15, -0.1) is 0 Å². The number of carbonyl (C=O) groups is 2. The highest BCUT2D eigenvalue weighted by atomic mass is 31.1. The van der Waals surface area contributed by atoms with Crippen molar-refractivity contribution in [2.24, 2.45) is 0 Å². The fraction of sp³-hybridized carbons (Fsp3) is 0. The fourth-order valence-electron chi connectivity index (χ4n) is 1.24. The van der Waals surface area contributed by atoms with Crippen molar-refractivity contribution in [3.63, 3.8) is 0 Å². The van der Waals surface area contributed by atoms with Gasteiger partial charge in [0.25, 0.3) is 0 Å². The quantitative estimate of drug-likeness (QED) is 0.679. The van der Waals surface area contributed by atoms with Crippen LogP contribution < -0.4 is 0 Å². The summed E-state index contributed by atoms with van der Waals surface area (Å²) in [5, 5.41) is 0. The number of carbonyl (C=O) groups excluding carboxylic acids is 2. The molecule has 76 valence electrons. The third-order valence-corrected chi connectivity index (χ3v) is 1.84. The van der Waals surface area contributed by atoms with Crippen LogP contribution in [0.25, 0.3) is 0 Å². The van der Waals surface area contributed by atoms with Crippen LogP contribution in [-0.2, 0) is 4.57 Å². The number of rotatable bonds is 0. The zero-order chi connectivity index (χ0) is 11.3. The van der Waals surface area contributed by atoms with Crippen LogP contribution in [0.3, 0.4) is 0 Å². The van der Waals surface area contributed by atoms with Crippen molar-refractivity contribution in [1.29, 1.82) is 0 Å². The Hall–Kier alpha value is -1.64. The van der Waals surface area contributed by atoms with Gasteiger partial charge in [0.05, 0.1) is 0 Å². The molecule has 2 rings (SSSR count). The number of hydrogen-bond donors (Lipinski definition) is 1. The molecule has 1 aliphatic carbocycles. The molecule has 0 saturated heterocycles. The third kappa shape index (κ3) is 2.65. The van der Waals surface area contributed by atoms with E-state index >= 15 is 0 Å². The maximum Gasteiger partial charge on any atom is 0.324 e. The molecule has 0 fully saturated rings. The molecule has 0 saturated carbocycles. The second-order valence-electron chi connectivity index (χ2n) is 2.69. The van der Waals surface area contributed by atoms with Gasteiger partial charge < -0.3 is 4.89 Å². The van der Waals surface area contributed by atoms with E-state index in [4.69, 9.17) is 9.46 Å². The Balaban J connectivity index is 0.000000337. The van der Waals surface area contributed by atoms with Crippen LogP contribution in [0.4, 0.5) is 0 Å². The molecular weight excluding hydrogens is 215 g/mol. The van der Waals surface area contributed by atoms with Gasteiger partial charge in [0, 0.05) is 11.1 Å². The van der Waals surface area contributed by atoms with Crippen molar-refractivity contribution < 1.29 is 19.0 Å². The molecule has 1 aromatic rings. The predicted octanol–water partition coefficient (Wildman–Crippen LogP) is 1.81. The van der Waals surface area contributed by atoms with Gasteiger partial charge in [-0.25, -0.2) is 4.57 Å². The van der Waals surface area contributed by atoms with E-state index in [9.17, 15) is 9.59 Å². The summed E-state index contributed by atoms with van der Waals surface area (Å²) < 4.78 is 8.46. The molecule has 0 radical (unpaired) electrons. The van der Waals surface area contributed by atoms with E-state index in [1.54, 1.807) is 24.3 Å². The van der Waals surface area contributed by atoms with Crippen LogP contribution in [0, 0.1) is 0 Å². The van der Waals surface area contributed by atoms with Gasteiger partial charge in [-0.1, -0.05) is 24.3 Å². The molecule has 0 bridgehead atoms. The normalized spacial score (nSPS) is 13.1. The van der Waals surface area contributed by atoms with Crippen molar-refractivity contribution in [2.75, 3.05) is 0 Å². The number of ketones is 2.